The third kappa shape index (κ3) is 5.48. The van der Waals surface area contributed by atoms with Crippen molar-refractivity contribution in [3.8, 4) is 5.75 Å². The molecule has 0 bridgehead atoms. The summed E-state index contributed by atoms with van der Waals surface area (Å²) >= 11 is 1.35. The van der Waals surface area contributed by atoms with E-state index in [9.17, 15) is 4.79 Å². The Morgan fingerprint density at radius 3 is 2.59 bits per heavy atom. The van der Waals surface area contributed by atoms with Crippen LogP contribution in [-0.2, 0) is 11.2 Å². The Balaban J connectivity index is 1.60. The van der Waals surface area contributed by atoms with Crippen molar-refractivity contribution < 1.29 is 13.9 Å². The minimum atomic E-state index is -0.236. The van der Waals surface area contributed by atoms with E-state index in [1.165, 1.54) is 24.6 Å². The molecule has 1 heterocycles. The van der Waals surface area contributed by atoms with Gasteiger partial charge in [-0.2, -0.15) is 0 Å². The molecule has 146 valence electrons. The van der Waals surface area contributed by atoms with E-state index in [1.54, 1.807) is 7.11 Å². The number of rotatable bonds is 8. The molecule has 1 atom stereocenters. The lowest BCUT2D eigenvalue weighted by atomic mass is 10.1. The van der Waals surface area contributed by atoms with Gasteiger partial charge in [-0.3, -0.25) is 4.79 Å². The van der Waals surface area contributed by atoms with Crippen LogP contribution in [0.25, 0.3) is 0 Å². The van der Waals surface area contributed by atoms with Gasteiger partial charge in [0.25, 0.3) is 5.22 Å². The molecule has 1 aromatic carbocycles. The highest BCUT2D eigenvalue weighted by Crippen LogP contribution is 2.29. The number of ether oxygens (including phenoxy) is 1. The van der Waals surface area contributed by atoms with Gasteiger partial charge in [0.1, 0.15) is 5.75 Å². The minimum absolute atomic E-state index is 0.0665. The average Bonchev–Trinajstić information content (AvgIpc) is 3.32. The number of benzene rings is 1. The lowest BCUT2D eigenvalue weighted by Gasteiger charge is -2.20. The van der Waals surface area contributed by atoms with Gasteiger partial charge >= 0.3 is 0 Å². The van der Waals surface area contributed by atoms with E-state index >= 15 is 0 Å². The van der Waals surface area contributed by atoms with Crippen molar-refractivity contribution in [3.63, 3.8) is 0 Å². The van der Waals surface area contributed by atoms with Crippen molar-refractivity contribution in [2.45, 2.75) is 62.5 Å². The Bertz CT molecular complexity index is 739. The molecule has 7 heteroatoms. The summed E-state index contributed by atoms with van der Waals surface area (Å²) in [7, 11) is 1.64. The molecule has 2 aromatic rings. The van der Waals surface area contributed by atoms with E-state index < -0.39 is 0 Å². The Morgan fingerprint density at radius 2 is 1.96 bits per heavy atom. The van der Waals surface area contributed by atoms with Crippen LogP contribution in [0, 0.1) is 5.92 Å². The molecule has 1 saturated carbocycles. The van der Waals surface area contributed by atoms with E-state index in [0.717, 1.165) is 24.2 Å². The fraction of sp³-hybridized carbons (Fsp3) is 0.550. The lowest BCUT2D eigenvalue weighted by molar-refractivity contribution is -0.121. The third-order valence-corrected chi connectivity index (χ3v) is 6.13. The number of nitrogens with one attached hydrogen (secondary N) is 1. The zero-order valence-electron chi connectivity index (χ0n) is 16.1. The first-order valence-electron chi connectivity index (χ1n) is 9.47. The normalized spacial score (nSPS) is 15.9. The Hall–Kier alpha value is -2.02. The molecule has 0 radical (unpaired) electrons. The van der Waals surface area contributed by atoms with Crippen LogP contribution in [0.4, 0.5) is 0 Å². The maximum atomic E-state index is 12.7. The fourth-order valence-electron chi connectivity index (χ4n) is 3.23. The number of aromatic nitrogens is 2. The number of hydrogen-bond acceptors (Lipinski definition) is 6. The van der Waals surface area contributed by atoms with Crippen molar-refractivity contribution >= 4 is 17.7 Å². The van der Waals surface area contributed by atoms with E-state index in [2.05, 4.69) is 15.5 Å². The first-order chi connectivity index (χ1) is 13.0. The molecular formula is C20H27N3O3S. The van der Waals surface area contributed by atoms with E-state index in [0.29, 0.717) is 23.6 Å². The van der Waals surface area contributed by atoms with Crippen molar-refractivity contribution in [2.75, 3.05) is 7.11 Å². The van der Waals surface area contributed by atoms with Gasteiger partial charge in [-0.1, -0.05) is 50.6 Å². The molecule has 1 aromatic heterocycles. The summed E-state index contributed by atoms with van der Waals surface area (Å²) in [6.45, 7) is 4.08. The molecule has 3 rings (SSSR count). The number of amides is 1. The zero-order valence-corrected chi connectivity index (χ0v) is 16.9. The topological polar surface area (TPSA) is 77.2 Å². The van der Waals surface area contributed by atoms with Crippen molar-refractivity contribution in [3.05, 3.63) is 35.7 Å². The van der Waals surface area contributed by atoms with Gasteiger partial charge in [0.05, 0.1) is 18.8 Å². The molecule has 1 unspecified atom stereocenters. The summed E-state index contributed by atoms with van der Waals surface area (Å²) in [6, 6.07) is 8.07. The first-order valence-corrected chi connectivity index (χ1v) is 10.4. The SMILES string of the molecule is COc1ccc(Cc2nnc(SC(C(=O)NC3CCCC3)C(C)C)o2)cc1. The van der Waals surface area contributed by atoms with E-state index in [-0.39, 0.29) is 17.1 Å². The summed E-state index contributed by atoms with van der Waals surface area (Å²) in [4.78, 5) is 12.7. The summed E-state index contributed by atoms with van der Waals surface area (Å²) in [5.41, 5.74) is 1.07. The van der Waals surface area contributed by atoms with Crippen LogP contribution in [-0.4, -0.2) is 34.5 Å². The summed E-state index contributed by atoms with van der Waals surface area (Å²) in [6.07, 6.45) is 5.10. The third-order valence-electron chi connectivity index (χ3n) is 4.76. The second-order valence-electron chi connectivity index (χ2n) is 7.26. The number of carbonyl (C=O) groups excluding carboxylic acids is 1. The predicted molar refractivity (Wildman–Crippen MR) is 105 cm³/mol. The number of hydrogen-bond donors (Lipinski definition) is 1. The average molecular weight is 390 g/mol. The summed E-state index contributed by atoms with van der Waals surface area (Å²) in [5.74, 6) is 1.60. The molecular weight excluding hydrogens is 362 g/mol. The van der Waals surface area contributed by atoms with Crippen molar-refractivity contribution in [2.24, 2.45) is 5.92 Å². The van der Waals surface area contributed by atoms with Crippen LogP contribution in [0.15, 0.2) is 33.9 Å². The van der Waals surface area contributed by atoms with Crippen LogP contribution >= 0.6 is 11.8 Å². The quantitative estimate of drug-likeness (QED) is 0.691. The lowest BCUT2D eigenvalue weighted by Crippen LogP contribution is -2.40. The predicted octanol–water partition coefficient (Wildman–Crippen LogP) is 3.84. The number of nitrogens with zero attached hydrogens (tertiary/aromatic N) is 2. The van der Waals surface area contributed by atoms with E-state index in [1.807, 2.05) is 38.1 Å². The first kappa shape index (κ1) is 19.7. The van der Waals surface area contributed by atoms with Gasteiger partial charge in [0.2, 0.25) is 11.8 Å². The molecule has 1 amide bonds. The molecule has 1 aliphatic rings. The maximum Gasteiger partial charge on any atom is 0.277 e. The number of carbonyl (C=O) groups is 1. The molecule has 6 nitrogen and oxygen atoms in total. The van der Waals surface area contributed by atoms with Crippen LogP contribution in [0.1, 0.15) is 51.0 Å². The Kier molecular flexibility index (Phi) is 6.77. The summed E-state index contributed by atoms with van der Waals surface area (Å²) in [5, 5.41) is 11.6. The number of methoxy groups -OCH3 is 1. The number of thioether (sulfide) groups is 1. The molecule has 0 saturated heterocycles. The van der Waals surface area contributed by atoms with E-state index in [4.69, 9.17) is 9.15 Å². The van der Waals surface area contributed by atoms with Crippen LogP contribution in [0.3, 0.4) is 0 Å². The largest absolute Gasteiger partial charge is 0.497 e. The Labute approximate surface area is 164 Å². The van der Waals surface area contributed by atoms with Gasteiger partial charge < -0.3 is 14.5 Å². The van der Waals surface area contributed by atoms with Crippen molar-refractivity contribution in [1.29, 1.82) is 0 Å². The molecule has 1 aliphatic carbocycles. The van der Waals surface area contributed by atoms with Crippen LogP contribution in [0.5, 0.6) is 5.75 Å². The van der Waals surface area contributed by atoms with Gasteiger partial charge in [-0.25, -0.2) is 0 Å². The second kappa shape index (κ2) is 9.26. The Morgan fingerprint density at radius 1 is 1.26 bits per heavy atom. The molecule has 0 spiro atoms. The van der Waals surface area contributed by atoms with Crippen LogP contribution in [0.2, 0.25) is 0 Å². The smallest absolute Gasteiger partial charge is 0.277 e. The highest BCUT2D eigenvalue weighted by atomic mass is 32.2. The second-order valence-corrected chi connectivity index (χ2v) is 8.35. The van der Waals surface area contributed by atoms with Gasteiger partial charge in [-0.05, 0) is 36.5 Å². The van der Waals surface area contributed by atoms with Crippen LogP contribution < -0.4 is 10.1 Å². The highest BCUT2D eigenvalue weighted by molar-refractivity contribution is 8.00. The molecule has 27 heavy (non-hydrogen) atoms. The molecule has 0 aliphatic heterocycles. The molecule has 1 N–H and O–H groups in total. The van der Waals surface area contributed by atoms with Gasteiger partial charge in [-0.15, -0.1) is 10.2 Å². The highest BCUT2D eigenvalue weighted by Gasteiger charge is 2.28. The summed E-state index contributed by atoms with van der Waals surface area (Å²) < 4.78 is 10.9. The standard InChI is InChI=1S/C20H27N3O3S/c1-13(2)18(19(24)21-15-6-4-5-7-15)27-20-23-22-17(26-20)12-14-8-10-16(25-3)11-9-14/h8-11,13,15,18H,4-7,12H2,1-3H3,(H,21,24). The minimum Gasteiger partial charge on any atom is -0.497 e. The maximum absolute atomic E-state index is 12.7. The van der Waals surface area contributed by atoms with Gasteiger partial charge in [0, 0.05) is 6.04 Å². The monoisotopic (exact) mass is 389 g/mol. The van der Waals surface area contributed by atoms with Gasteiger partial charge in [0.15, 0.2) is 0 Å². The van der Waals surface area contributed by atoms with Crippen molar-refractivity contribution in [1.82, 2.24) is 15.5 Å². The zero-order chi connectivity index (χ0) is 19.2. The fourth-order valence-corrected chi connectivity index (χ4v) is 4.13. The molecule has 1 fully saturated rings.